The van der Waals surface area contributed by atoms with Gasteiger partial charge < -0.3 is 14.6 Å². The van der Waals surface area contributed by atoms with Crippen LogP contribution in [-0.2, 0) is 17.6 Å². The third kappa shape index (κ3) is 5.42. The van der Waals surface area contributed by atoms with Gasteiger partial charge in [0.2, 0.25) is 17.6 Å². The average molecular weight is 379 g/mol. The first-order valence-corrected chi connectivity index (χ1v) is 9.53. The van der Waals surface area contributed by atoms with Crippen molar-refractivity contribution in [3.8, 4) is 17.1 Å². The third-order valence-electron chi connectivity index (χ3n) is 4.44. The first kappa shape index (κ1) is 19.6. The number of anilines is 1. The molecule has 3 rings (SSSR count). The quantitative estimate of drug-likeness (QED) is 0.585. The van der Waals surface area contributed by atoms with Gasteiger partial charge >= 0.3 is 0 Å². The van der Waals surface area contributed by atoms with Gasteiger partial charge in [-0.05, 0) is 54.8 Å². The van der Waals surface area contributed by atoms with Crippen LogP contribution in [0.4, 0.5) is 5.69 Å². The van der Waals surface area contributed by atoms with Gasteiger partial charge in [0.25, 0.3) is 0 Å². The third-order valence-corrected chi connectivity index (χ3v) is 4.44. The van der Waals surface area contributed by atoms with Gasteiger partial charge in [0.05, 0.1) is 7.11 Å². The summed E-state index contributed by atoms with van der Waals surface area (Å²) in [5.41, 5.74) is 2.93. The number of carbonyl (C=O) groups is 1. The van der Waals surface area contributed by atoms with Gasteiger partial charge in [-0.2, -0.15) is 4.98 Å². The summed E-state index contributed by atoms with van der Waals surface area (Å²) in [5.74, 6) is 1.63. The fourth-order valence-corrected chi connectivity index (χ4v) is 2.79. The number of aromatic nitrogens is 2. The van der Waals surface area contributed by atoms with Crippen LogP contribution >= 0.6 is 0 Å². The molecule has 6 heteroatoms. The lowest BCUT2D eigenvalue weighted by molar-refractivity contribution is -0.116. The number of benzene rings is 2. The predicted molar refractivity (Wildman–Crippen MR) is 108 cm³/mol. The van der Waals surface area contributed by atoms with E-state index in [-0.39, 0.29) is 12.3 Å². The zero-order chi connectivity index (χ0) is 19.8. The molecule has 28 heavy (non-hydrogen) atoms. The lowest BCUT2D eigenvalue weighted by atomic mass is 10.1. The Balaban J connectivity index is 1.50. The van der Waals surface area contributed by atoms with E-state index >= 15 is 0 Å². The normalized spacial score (nSPS) is 10.6. The topological polar surface area (TPSA) is 77.2 Å². The summed E-state index contributed by atoms with van der Waals surface area (Å²) in [5, 5.41) is 6.88. The number of aryl methyl sites for hydroxylation is 2. The van der Waals surface area contributed by atoms with E-state index in [1.54, 1.807) is 7.11 Å². The SMILES string of the molecule is CCCCc1ccc(NC(=O)CCc2nc(-c3ccc(OC)cc3)no2)cc1. The van der Waals surface area contributed by atoms with Crippen LogP contribution in [0, 0.1) is 0 Å². The summed E-state index contributed by atoms with van der Waals surface area (Å²) in [6, 6.07) is 15.4. The number of hydrogen-bond acceptors (Lipinski definition) is 5. The van der Waals surface area contributed by atoms with Crippen molar-refractivity contribution in [2.45, 2.75) is 39.0 Å². The van der Waals surface area contributed by atoms with Crippen molar-refractivity contribution >= 4 is 11.6 Å². The van der Waals surface area contributed by atoms with Crippen LogP contribution in [-0.4, -0.2) is 23.2 Å². The van der Waals surface area contributed by atoms with Crippen molar-refractivity contribution in [3.05, 3.63) is 60.0 Å². The summed E-state index contributed by atoms with van der Waals surface area (Å²) in [7, 11) is 1.62. The summed E-state index contributed by atoms with van der Waals surface area (Å²) in [4.78, 5) is 16.5. The molecule has 1 aromatic heterocycles. The second-order valence-electron chi connectivity index (χ2n) is 6.59. The molecule has 0 aliphatic rings. The average Bonchev–Trinajstić information content (AvgIpc) is 3.21. The molecule has 0 saturated carbocycles. The Bertz CT molecular complexity index is 886. The number of ether oxygens (including phenoxy) is 1. The number of nitrogens with one attached hydrogen (secondary N) is 1. The van der Waals surface area contributed by atoms with E-state index in [0.717, 1.165) is 23.4 Å². The summed E-state index contributed by atoms with van der Waals surface area (Å²) >= 11 is 0. The smallest absolute Gasteiger partial charge is 0.227 e. The first-order chi connectivity index (χ1) is 13.7. The Kier molecular flexibility index (Phi) is 6.78. The molecule has 0 atom stereocenters. The molecule has 1 N–H and O–H groups in total. The minimum absolute atomic E-state index is 0.0782. The van der Waals surface area contributed by atoms with Gasteiger partial charge in [0.15, 0.2) is 0 Å². The van der Waals surface area contributed by atoms with Crippen molar-refractivity contribution in [2.24, 2.45) is 0 Å². The van der Waals surface area contributed by atoms with Crippen LogP contribution in [0.2, 0.25) is 0 Å². The maximum Gasteiger partial charge on any atom is 0.227 e. The molecular weight excluding hydrogens is 354 g/mol. The molecule has 1 amide bonds. The van der Waals surface area contributed by atoms with Crippen LogP contribution in [0.3, 0.4) is 0 Å². The highest BCUT2D eigenvalue weighted by Crippen LogP contribution is 2.20. The van der Waals surface area contributed by atoms with Gasteiger partial charge in [-0.3, -0.25) is 4.79 Å². The second kappa shape index (κ2) is 9.69. The Hall–Kier alpha value is -3.15. The molecule has 0 unspecified atom stereocenters. The highest BCUT2D eigenvalue weighted by Gasteiger charge is 2.11. The molecule has 0 bridgehead atoms. The molecule has 146 valence electrons. The molecule has 0 spiro atoms. The van der Waals surface area contributed by atoms with Crippen LogP contribution in [0.25, 0.3) is 11.4 Å². The standard InChI is InChI=1S/C22H25N3O3/c1-3-4-5-16-6-10-18(11-7-16)23-20(26)14-15-21-24-22(25-28-21)17-8-12-19(27-2)13-9-17/h6-13H,3-5,14-15H2,1-2H3,(H,23,26). The van der Waals surface area contributed by atoms with Crippen molar-refractivity contribution in [2.75, 3.05) is 12.4 Å². The fraction of sp³-hybridized carbons (Fsp3) is 0.318. The molecule has 6 nitrogen and oxygen atoms in total. The van der Waals surface area contributed by atoms with Crippen molar-refractivity contribution in [1.29, 1.82) is 0 Å². The highest BCUT2D eigenvalue weighted by molar-refractivity contribution is 5.90. The van der Waals surface area contributed by atoms with E-state index < -0.39 is 0 Å². The molecule has 0 saturated heterocycles. The zero-order valence-corrected chi connectivity index (χ0v) is 16.3. The molecule has 0 fully saturated rings. The van der Waals surface area contributed by atoms with Crippen LogP contribution in [0.1, 0.15) is 37.6 Å². The number of nitrogens with zero attached hydrogens (tertiary/aromatic N) is 2. The largest absolute Gasteiger partial charge is 0.497 e. The zero-order valence-electron chi connectivity index (χ0n) is 16.3. The Morgan fingerprint density at radius 1 is 1.07 bits per heavy atom. The monoisotopic (exact) mass is 379 g/mol. The fourth-order valence-electron chi connectivity index (χ4n) is 2.79. The molecule has 0 aliphatic carbocycles. The van der Waals surface area contributed by atoms with Crippen LogP contribution in [0.15, 0.2) is 53.1 Å². The van der Waals surface area contributed by atoms with Gasteiger partial charge in [-0.1, -0.05) is 30.6 Å². The van der Waals surface area contributed by atoms with E-state index in [1.165, 1.54) is 18.4 Å². The maximum atomic E-state index is 12.2. The van der Waals surface area contributed by atoms with Gasteiger partial charge in [-0.15, -0.1) is 0 Å². The van der Waals surface area contributed by atoms with Gasteiger partial charge in [0.1, 0.15) is 5.75 Å². The minimum atomic E-state index is -0.0782. The summed E-state index contributed by atoms with van der Waals surface area (Å²) < 4.78 is 10.4. The Labute approximate surface area is 164 Å². The number of unbranched alkanes of at least 4 members (excludes halogenated alkanes) is 1. The van der Waals surface area contributed by atoms with E-state index in [9.17, 15) is 4.79 Å². The Morgan fingerprint density at radius 2 is 1.82 bits per heavy atom. The molecule has 0 radical (unpaired) electrons. The minimum Gasteiger partial charge on any atom is -0.497 e. The number of methoxy groups -OCH3 is 1. The van der Waals surface area contributed by atoms with E-state index in [1.807, 2.05) is 36.4 Å². The highest BCUT2D eigenvalue weighted by atomic mass is 16.5. The lowest BCUT2D eigenvalue weighted by Gasteiger charge is -2.06. The van der Waals surface area contributed by atoms with Crippen molar-refractivity contribution in [1.82, 2.24) is 10.1 Å². The number of hydrogen-bond donors (Lipinski definition) is 1. The molecular formula is C22H25N3O3. The number of carbonyl (C=O) groups excluding carboxylic acids is 1. The lowest BCUT2D eigenvalue weighted by Crippen LogP contribution is -2.12. The maximum absolute atomic E-state index is 12.2. The number of rotatable bonds is 9. The van der Waals surface area contributed by atoms with Gasteiger partial charge in [0, 0.05) is 24.1 Å². The molecule has 0 aliphatic heterocycles. The van der Waals surface area contributed by atoms with E-state index in [4.69, 9.17) is 9.26 Å². The van der Waals surface area contributed by atoms with Crippen molar-refractivity contribution in [3.63, 3.8) is 0 Å². The van der Waals surface area contributed by atoms with Crippen LogP contribution < -0.4 is 10.1 Å². The predicted octanol–water partition coefficient (Wildman–Crippen LogP) is 4.66. The first-order valence-electron chi connectivity index (χ1n) is 9.53. The molecule has 2 aromatic carbocycles. The van der Waals surface area contributed by atoms with Crippen molar-refractivity contribution < 1.29 is 14.1 Å². The molecule has 3 aromatic rings. The van der Waals surface area contributed by atoms with Gasteiger partial charge in [-0.25, -0.2) is 0 Å². The van der Waals surface area contributed by atoms with E-state index in [0.29, 0.717) is 18.1 Å². The summed E-state index contributed by atoms with van der Waals surface area (Å²) in [6.45, 7) is 2.18. The molecule has 1 heterocycles. The van der Waals surface area contributed by atoms with Crippen LogP contribution in [0.5, 0.6) is 5.75 Å². The van der Waals surface area contributed by atoms with E-state index in [2.05, 4.69) is 34.5 Å². The number of amides is 1. The Morgan fingerprint density at radius 3 is 2.50 bits per heavy atom. The second-order valence-corrected chi connectivity index (χ2v) is 6.59. The summed E-state index contributed by atoms with van der Waals surface area (Å²) in [6.07, 6.45) is 4.09.